The van der Waals surface area contributed by atoms with Crippen LogP contribution in [0.2, 0.25) is 0 Å². The molecule has 2 atom stereocenters. The lowest BCUT2D eigenvalue weighted by Crippen LogP contribution is -2.13. The quantitative estimate of drug-likeness (QED) is 0.821. The Kier molecular flexibility index (Phi) is 4.87. The van der Waals surface area contributed by atoms with E-state index in [0.29, 0.717) is 6.42 Å². The van der Waals surface area contributed by atoms with Gasteiger partial charge in [-0.05, 0) is 25.5 Å². The van der Waals surface area contributed by atoms with Crippen LogP contribution in [0.3, 0.4) is 0 Å². The molecule has 1 aromatic carbocycles. The zero-order valence-electron chi connectivity index (χ0n) is 9.70. The molecule has 2 unspecified atom stereocenters. The monoisotopic (exact) mass is 258 g/mol. The number of carbonyl (C=O) groups excluding carboxylic acids is 1. The highest BCUT2D eigenvalue weighted by Crippen LogP contribution is 2.45. The maximum absolute atomic E-state index is 11.5. The summed E-state index contributed by atoms with van der Waals surface area (Å²) in [5.41, 5.74) is -1.26. The molecule has 0 amide bonds. The highest BCUT2D eigenvalue weighted by molar-refractivity contribution is 7.70. The Balaban J connectivity index is 2.67. The third kappa shape index (κ3) is 4.30. The van der Waals surface area contributed by atoms with E-state index in [1.807, 2.05) is 0 Å². The van der Waals surface area contributed by atoms with Crippen LogP contribution in [0.5, 0.6) is 5.75 Å². The first-order chi connectivity index (χ1) is 7.95. The minimum Gasteiger partial charge on any atom is -0.417 e. The first-order valence-corrected chi connectivity index (χ1v) is 6.82. The van der Waals surface area contributed by atoms with E-state index < -0.39 is 19.4 Å². The molecule has 0 radical (unpaired) electrons. The molecule has 0 fully saturated rings. The van der Waals surface area contributed by atoms with Crippen LogP contribution in [-0.2, 0) is 9.09 Å². The lowest BCUT2D eigenvalue weighted by atomic mass is 10.3. The molecule has 0 spiro atoms. The van der Waals surface area contributed by atoms with Gasteiger partial charge in [0.25, 0.3) is 0 Å². The van der Waals surface area contributed by atoms with E-state index in [-0.39, 0.29) is 5.75 Å². The van der Waals surface area contributed by atoms with Crippen LogP contribution in [-0.4, -0.2) is 16.7 Å². The Bertz CT molecular complexity index is 417. The fourth-order valence-corrected chi connectivity index (χ4v) is 1.95. The topological polar surface area (TPSA) is 72.8 Å². The highest BCUT2D eigenvalue weighted by atomic mass is 31.2. The van der Waals surface area contributed by atoms with Crippen LogP contribution in [0, 0.1) is 0 Å². The van der Waals surface area contributed by atoms with Crippen molar-refractivity contribution in [1.29, 1.82) is 0 Å². The average molecular weight is 258 g/mol. The number of hydrogen-bond acceptors (Lipinski definition) is 4. The molecule has 0 aliphatic heterocycles. The minimum atomic E-state index is -4.38. The number of benzene rings is 1. The standard InChI is InChI=1S/C11H15O5P/c1-3-9(2)16-17(13,14)11(12)15-10-7-5-4-6-8-10/h4-9H,3H2,1-2H3,(H,13,14). The number of para-hydroxylation sites is 1. The third-order valence-electron chi connectivity index (χ3n) is 2.08. The molecule has 0 aliphatic rings. The van der Waals surface area contributed by atoms with E-state index in [0.717, 1.165) is 0 Å². The average Bonchev–Trinajstić information content (AvgIpc) is 2.29. The zero-order chi connectivity index (χ0) is 12.9. The van der Waals surface area contributed by atoms with Gasteiger partial charge in [-0.3, -0.25) is 4.52 Å². The number of hydrogen-bond donors (Lipinski definition) is 1. The Labute approximate surface area is 99.9 Å². The van der Waals surface area contributed by atoms with Crippen LogP contribution in [0.1, 0.15) is 20.3 Å². The molecule has 0 aliphatic carbocycles. The second kappa shape index (κ2) is 5.96. The van der Waals surface area contributed by atoms with Gasteiger partial charge in [0.05, 0.1) is 6.10 Å². The molecule has 5 nitrogen and oxygen atoms in total. The highest BCUT2D eigenvalue weighted by Gasteiger charge is 2.34. The summed E-state index contributed by atoms with van der Waals surface area (Å²) in [5, 5.41) is 0. The molecule has 1 aromatic rings. The van der Waals surface area contributed by atoms with Crippen molar-refractivity contribution in [3.05, 3.63) is 30.3 Å². The summed E-state index contributed by atoms with van der Waals surface area (Å²) in [6, 6.07) is 8.08. The summed E-state index contributed by atoms with van der Waals surface area (Å²) in [6.45, 7) is 3.39. The Morgan fingerprint density at radius 2 is 2.00 bits per heavy atom. The number of carbonyl (C=O) groups is 1. The second-order valence-corrected chi connectivity index (χ2v) is 5.14. The van der Waals surface area contributed by atoms with Gasteiger partial charge in [0.1, 0.15) is 5.75 Å². The largest absolute Gasteiger partial charge is 0.436 e. The van der Waals surface area contributed by atoms with Crippen LogP contribution >= 0.6 is 7.60 Å². The molecule has 1 N–H and O–H groups in total. The van der Waals surface area contributed by atoms with Gasteiger partial charge in [0.15, 0.2) is 0 Å². The van der Waals surface area contributed by atoms with Gasteiger partial charge >= 0.3 is 13.3 Å². The van der Waals surface area contributed by atoms with Crippen molar-refractivity contribution in [2.45, 2.75) is 26.4 Å². The molecule has 17 heavy (non-hydrogen) atoms. The van der Waals surface area contributed by atoms with Crippen LogP contribution < -0.4 is 4.74 Å². The molecule has 0 saturated carbocycles. The molecule has 0 bridgehead atoms. The SMILES string of the molecule is CCC(C)OP(=O)(O)C(=O)Oc1ccccc1. The summed E-state index contributed by atoms with van der Waals surface area (Å²) in [4.78, 5) is 20.8. The van der Waals surface area contributed by atoms with Gasteiger partial charge in [0, 0.05) is 0 Å². The van der Waals surface area contributed by atoms with Crippen molar-refractivity contribution >= 4 is 13.3 Å². The second-order valence-electron chi connectivity index (χ2n) is 3.53. The lowest BCUT2D eigenvalue weighted by molar-refractivity contribution is 0.169. The fraction of sp³-hybridized carbons (Fsp3) is 0.364. The number of rotatable bonds is 5. The van der Waals surface area contributed by atoms with E-state index in [1.54, 1.807) is 32.0 Å². The van der Waals surface area contributed by atoms with Crippen molar-refractivity contribution in [2.75, 3.05) is 0 Å². The van der Waals surface area contributed by atoms with E-state index >= 15 is 0 Å². The van der Waals surface area contributed by atoms with Crippen molar-refractivity contribution < 1.29 is 23.5 Å². The predicted molar refractivity (Wildman–Crippen MR) is 63.1 cm³/mol. The van der Waals surface area contributed by atoms with Crippen LogP contribution in [0.15, 0.2) is 30.3 Å². The molecule has 94 valence electrons. The Hall–Kier alpha value is -1.16. The lowest BCUT2D eigenvalue weighted by Gasteiger charge is -2.15. The van der Waals surface area contributed by atoms with Gasteiger partial charge in [-0.15, -0.1) is 0 Å². The van der Waals surface area contributed by atoms with Crippen molar-refractivity contribution in [2.24, 2.45) is 0 Å². The Morgan fingerprint density at radius 1 is 1.41 bits per heavy atom. The summed E-state index contributed by atoms with van der Waals surface area (Å²) < 4.78 is 21.1. The first-order valence-electron chi connectivity index (χ1n) is 5.24. The molecule has 6 heteroatoms. The fourth-order valence-electron chi connectivity index (χ4n) is 1.01. The molecule has 1 rings (SSSR count). The van der Waals surface area contributed by atoms with E-state index in [1.165, 1.54) is 12.1 Å². The van der Waals surface area contributed by atoms with Gasteiger partial charge < -0.3 is 9.63 Å². The molecule has 0 aromatic heterocycles. The predicted octanol–water partition coefficient (Wildman–Crippen LogP) is 3.19. The minimum absolute atomic E-state index is 0.208. The van der Waals surface area contributed by atoms with Gasteiger partial charge in [-0.25, -0.2) is 9.36 Å². The maximum Gasteiger partial charge on any atom is 0.436 e. The van der Waals surface area contributed by atoms with Crippen LogP contribution in [0.25, 0.3) is 0 Å². The Morgan fingerprint density at radius 3 is 2.53 bits per heavy atom. The van der Waals surface area contributed by atoms with E-state index in [4.69, 9.17) is 9.26 Å². The van der Waals surface area contributed by atoms with Crippen molar-refractivity contribution in [3.63, 3.8) is 0 Å². The summed E-state index contributed by atoms with van der Waals surface area (Å²) in [7, 11) is -4.38. The summed E-state index contributed by atoms with van der Waals surface area (Å²) >= 11 is 0. The summed E-state index contributed by atoms with van der Waals surface area (Å²) in [6.07, 6.45) is 0.0533. The van der Waals surface area contributed by atoms with Gasteiger partial charge in [-0.2, -0.15) is 0 Å². The zero-order valence-corrected chi connectivity index (χ0v) is 10.6. The van der Waals surface area contributed by atoms with E-state index in [9.17, 15) is 14.3 Å². The smallest absolute Gasteiger partial charge is 0.417 e. The van der Waals surface area contributed by atoms with Crippen LogP contribution in [0.4, 0.5) is 4.79 Å². The van der Waals surface area contributed by atoms with E-state index in [2.05, 4.69) is 0 Å². The first kappa shape index (κ1) is 13.9. The molecule has 0 heterocycles. The third-order valence-corrected chi connectivity index (χ3v) is 3.28. The summed E-state index contributed by atoms with van der Waals surface area (Å²) in [5.74, 6) is 0.208. The van der Waals surface area contributed by atoms with Crippen molar-refractivity contribution in [1.82, 2.24) is 0 Å². The van der Waals surface area contributed by atoms with Crippen molar-refractivity contribution in [3.8, 4) is 5.75 Å². The number of ether oxygens (including phenoxy) is 1. The van der Waals surface area contributed by atoms with Gasteiger partial charge in [-0.1, -0.05) is 25.1 Å². The maximum atomic E-state index is 11.5. The molecular weight excluding hydrogens is 243 g/mol. The van der Waals surface area contributed by atoms with Gasteiger partial charge in [0.2, 0.25) is 0 Å². The normalized spacial score (nSPS) is 15.9. The molecular formula is C11H15O5P. The molecule has 0 saturated heterocycles.